The average Bonchev–Trinajstić information content (AvgIpc) is 2.73. The number of para-hydroxylation sites is 1. The summed E-state index contributed by atoms with van der Waals surface area (Å²) in [5.74, 6) is 0. The van der Waals surface area contributed by atoms with Gasteiger partial charge in [0.1, 0.15) is 0 Å². The van der Waals surface area contributed by atoms with Gasteiger partial charge in [-0.1, -0.05) is 37.3 Å². The molecule has 0 bridgehead atoms. The molecule has 1 heterocycles. The van der Waals surface area contributed by atoms with Crippen LogP contribution in [0.5, 0.6) is 0 Å². The molecular weight excluding hydrogens is 348 g/mol. The van der Waals surface area contributed by atoms with Crippen LogP contribution in [0, 0.1) is 0 Å². The summed E-state index contributed by atoms with van der Waals surface area (Å²) in [5.41, 5.74) is 3.51. The molecule has 3 rings (SSSR count). The molecule has 26 heavy (non-hydrogen) atoms. The summed E-state index contributed by atoms with van der Waals surface area (Å²) in [7, 11) is -0.289. The second kappa shape index (κ2) is 7.78. The Bertz CT molecular complexity index is 880. The van der Waals surface area contributed by atoms with E-state index in [0.717, 1.165) is 36.1 Å². The number of nitrogens with one attached hydrogen (secondary N) is 1. The van der Waals surface area contributed by atoms with Crippen LogP contribution in [0.1, 0.15) is 36.1 Å². The molecule has 6 heteroatoms. The molecule has 0 aromatic heterocycles. The van der Waals surface area contributed by atoms with Gasteiger partial charge in [0.2, 0.25) is 0 Å². The van der Waals surface area contributed by atoms with E-state index in [1.54, 1.807) is 14.2 Å². The lowest BCUT2D eigenvalue weighted by molar-refractivity contribution is 0.193. The van der Waals surface area contributed by atoms with Gasteiger partial charge in [-0.25, -0.2) is 8.42 Å². The summed E-state index contributed by atoms with van der Waals surface area (Å²) >= 11 is 0. The van der Waals surface area contributed by atoms with Crippen LogP contribution in [0.4, 0.5) is 5.69 Å². The van der Waals surface area contributed by atoms with Crippen molar-refractivity contribution in [3.63, 3.8) is 0 Å². The van der Waals surface area contributed by atoms with Gasteiger partial charge in [-0.3, -0.25) is 4.31 Å². The van der Waals surface area contributed by atoms with Crippen molar-refractivity contribution in [1.82, 2.24) is 5.32 Å². The molecule has 140 valence electrons. The number of fused-ring (bicyclic) bond motifs is 2. The van der Waals surface area contributed by atoms with E-state index in [-0.39, 0.29) is 6.04 Å². The molecule has 0 saturated heterocycles. The van der Waals surface area contributed by atoms with E-state index in [4.69, 9.17) is 4.74 Å². The second-order valence-electron chi connectivity index (χ2n) is 6.49. The van der Waals surface area contributed by atoms with E-state index >= 15 is 0 Å². The van der Waals surface area contributed by atoms with E-state index in [9.17, 15) is 8.42 Å². The van der Waals surface area contributed by atoms with Crippen molar-refractivity contribution in [3.8, 4) is 0 Å². The summed E-state index contributed by atoms with van der Waals surface area (Å²) in [6, 6.07) is 13.3. The van der Waals surface area contributed by atoms with Gasteiger partial charge in [-0.05, 0) is 48.2 Å². The predicted molar refractivity (Wildman–Crippen MR) is 104 cm³/mol. The number of aryl methyl sites for hydroxylation is 1. The second-order valence-corrected chi connectivity index (χ2v) is 8.43. The molecule has 1 atom stereocenters. The first-order chi connectivity index (χ1) is 12.5. The molecular formula is C20H26N2O3S. The first-order valence-corrected chi connectivity index (χ1v) is 10.4. The van der Waals surface area contributed by atoms with E-state index in [1.165, 1.54) is 4.31 Å². The number of ether oxygens (including phenoxy) is 1. The molecule has 0 spiro atoms. The van der Waals surface area contributed by atoms with Gasteiger partial charge < -0.3 is 10.1 Å². The number of hydrogen-bond acceptors (Lipinski definition) is 4. The van der Waals surface area contributed by atoms with Gasteiger partial charge in [0.15, 0.2) is 0 Å². The Labute approximate surface area is 156 Å². The molecule has 0 aliphatic carbocycles. The van der Waals surface area contributed by atoms with Crippen LogP contribution < -0.4 is 9.62 Å². The lowest BCUT2D eigenvalue weighted by atomic mass is 9.95. The summed E-state index contributed by atoms with van der Waals surface area (Å²) in [4.78, 5) is 0.389. The molecule has 2 aromatic carbocycles. The van der Waals surface area contributed by atoms with E-state index in [2.05, 4.69) is 5.32 Å². The van der Waals surface area contributed by atoms with E-state index in [1.807, 2.05) is 49.4 Å². The maximum Gasteiger partial charge on any atom is 0.264 e. The van der Waals surface area contributed by atoms with Gasteiger partial charge >= 0.3 is 0 Å². The Morgan fingerprint density at radius 1 is 1.15 bits per heavy atom. The van der Waals surface area contributed by atoms with Crippen LogP contribution in [0.2, 0.25) is 0 Å². The van der Waals surface area contributed by atoms with Gasteiger partial charge in [0.25, 0.3) is 10.0 Å². The Balaban J connectivity index is 2.16. The van der Waals surface area contributed by atoms with Crippen LogP contribution in [0.25, 0.3) is 0 Å². The van der Waals surface area contributed by atoms with Crippen LogP contribution in [-0.4, -0.2) is 35.7 Å². The number of sulfonamides is 1. The summed E-state index contributed by atoms with van der Waals surface area (Å²) < 4.78 is 33.0. The molecule has 1 aliphatic rings. The number of benzene rings is 2. The molecule has 5 nitrogen and oxygen atoms in total. The Kier molecular flexibility index (Phi) is 5.65. The molecule has 0 amide bonds. The summed E-state index contributed by atoms with van der Waals surface area (Å²) in [5, 5.41) is 3.53. The minimum Gasteiger partial charge on any atom is -0.385 e. The zero-order valence-corrected chi connectivity index (χ0v) is 16.3. The number of anilines is 1. The highest BCUT2D eigenvalue weighted by atomic mass is 32.2. The molecule has 1 N–H and O–H groups in total. The minimum absolute atomic E-state index is 0.177. The third-order valence-corrected chi connectivity index (χ3v) is 6.72. The van der Waals surface area contributed by atoms with Crippen molar-refractivity contribution in [1.29, 1.82) is 0 Å². The first kappa shape index (κ1) is 18.9. The molecule has 0 radical (unpaired) electrons. The fourth-order valence-corrected chi connectivity index (χ4v) is 4.91. The van der Waals surface area contributed by atoms with Crippen molar-refractivity contribution >= 4 is 15.7 Å². The van der Waals surface area contributed by atoms with Gasteiger partial charge in [-0.15, -0.1) is 0 Å². The monoisotopic (exact) mass is 374 g/mol. The quantitative estimate of drug-likeness (QED) is 0.790. The van der Waals surface area contributed by atoms with Crippen molar-refractivity contribution in [2.24, 2.45) is 0 Å². The van der Waals surface area contributed by atoms with Crippen LogP contribution >= 0.6 is 0 Å². The van der Waals surface area contributed by atoms with E-state index in [0.29, 0.717) is 17.2 Å². The summed E-state index contributed by atoms with van der Waals surface area (Å²) in [6.07, 6.45) is 1.66. The van der Waals surface area contributed by atoms with Crippen molar-refractivity contribution < 1.29 is 13.2 Å². The molecule has 1 unspecified atom stereocenters. The van der Waals surface area contributed by atoms with Gasteiger partial charge in [-0.2, -0.15) is 0 Å². The minimum atomic E-state index is -3.60. The number of hydrogen-bond donors (Lipinski definition) is 1. The SMILES string of the molecule is CCc1ccc2c(c1)S(=O)(=O)N(C)c1ccccc1C2NCCCOC. The highest BCUT2D eigenvalue weighted by Crippen LogP contribution is 2.40. The highest BCUT2D eigenvalue weighted by Gasteiger charge is 2.34. The van der Waals surface area contributed by atoms with E-state index < -0.39 is 10.0 Å². The summed E-state index contributed by atoms with van der Waals surface area (Å²) in [6.45, 7) is 3.44. The van der Waals surface area contributed by atoms with Crippen molar-refractivity contribution in [2.45, 2.75) is 30.7 Å². The Morgan fingerprint density at radius 2 is 1.92 bits per heavy atom. The fraction of sp³-hybridized carbons (Fsp3) is 0.400. The smallest absolute Gasteiger partial charge is 0.264 e. The van der Waals surface area contributed by atoms with Crippen LogP contribution in [-0.2, 0) is 21.2 Å². The highest BCUT2D eigenvalue weighted by molar-refractivity contribution is 7.92. The zero-order chi connectivity index (χ0) is 18.7. The third kappa shape index (κ3) is 3.37. The third-order valence-electron chi connectivity index (χ3n) is 4.90. The normalized spacial score (nSPS) is 18.1. The standard InChI is InChI=1S/C20H26N2O3S/c1-4-15-10-11-17-19(14-15)26(23,24)22(2)18-9-6-5-8-16(18)20(17)21-12-7-13-25-3/h5-6,8-11,14,20-21H,4,7,12-13H2,1-3H3. The molecule has 0 fully saturated rings. The maximum absolute atomic E-state index is 13.3. The van der Waals surface area contributed by atoms with Crippen LogP contribution in [0.3, 0.4) is 0 Å². The maximum atomic E-state index is 13.3. The molecule has 1 aliphatic heterocycles. The molecule has 2 aromatic rings. The topological polar surface area (TPSA) is 58.6 Å². The van der Waals surface area contributed by atoms with Crippen molar-refractivity contribution in [2.75, 3.05) is 31.6 Å². The zero-order valence-electron chi connectivity index (χ0n) is 15.5. The first-order valence-electron chi connectivity index (χ1n) is 8.93. The Hall–Kier alpha value is -1.89. The number of rotatable bonds is 6. The van der Waals surface area contributed by atoms with Gasteiger partial charge in [0, 0.05) is 20.8 Å². The number of nitrogens with zero attached hydrogens (tertiary/aromatic N) is 1. The number of methoxy groups -OCH3 is 1. The largest absolute Gasteiger partial charge is 0.385 e. The average molecular weight is 375 g/mol. The lowest BCUT2D eigenvalue weighted by Gasteiger charge is -2.22. The fourth-order valence-electron chi connectivity index (χ4n) is 3.41. The van der Waals surface area contributed by atoms with Crippen molar-refractivity contribution in [3.05, 3.63) is 59.2 Å². The Morgan fingerprint density at radius 3 is 2.65 bits per heavy atom. The predicted octanol–water partition coefficient (Wildman–Crippen LogP) is 3.10. The van der Waals surface area contributed by atoms with Crippen LogP contribution in [0.15, 0.2) is 47.4 Å². The lowest BCUT2D eigenvalue weighted by Crippen LogP contribution is -2.26. The molecule has 0 saturated carbocycles. The van der Waals surface area contributed by atoms with Gasteiger partial charge in [0.05, 0.1) is 16.6 Å².